The number of aliphatic hydroxyl groups is 4. The summed E-state index contributed by atoms with van der Waals surface area (Å²) < 4.78 is 41.1. The molecule has 1 heterocycles. The topological polar surface area (TPSA) is 169 Å². The van der Waals surface area contributed by atoms with Gasteiger partial charge in [-0.05, 0) is 31.3 Å². The monoisotopic (exact) mass is 434 g/mol. The van der Waals surface area contributed by atoms with E-state index in [0.717, 1.165) is 30.4 Å². The second-order valence-corrected chi connectivity index (χ2v) is 8.71. The molecule has 0 spiro atoms. The van der Waals surface area contributed by atoms with Crippen LogP contribution in [0.25, 0.3) is 0 Å². The van der Waals surface area contributed by atoms with E-state index in [1.165, 1.54) is 0 Å². The Morgan fingerprint density at radius 3 is 2.46 bits per heavy atom. The fraction of sp³-hybridized carbons (Fsp3) is 0.923. The van der Waals surface area contributed by atoms with Crippen LogP contribution in [0.2, 0.25) is 0 Å². The third-order valence-corrected chi connectivity index (χ3v) is 5.70. The lowest BCUT2D eigenvalue weighted by atomic mass is 10.0. The normalized spacial score (nSPS) is 30.4. The van der Waals surface area contributed by atoms with Crippen molar-refractivity contribution in [2.45, 2.75) is 55.5 Å². The summed E-state index contributed by atoms with van der Waals surface area (Å²) in [4.78, 5) is 0. The molecule has 1 aliphatic heterocycles. The summed E-state index contributed by atoms with van der Waals surface area (Å²) in [6.07, 6.45) is -1.02. The van der Waals surface area contributed by atoms with Gasteiger partial charge in [-0.2, -0.15) is 20.2 Å². The number of oxime groups is 1. The molecule has 5 atom stereocenters. The number of hydrogen-bond acceptors (Lipinski definition) is 12. The lowest BCUT2D eigenvalue weighted by Gasteiger charge is -2.39. The van der Waals surface area contributed by atoms with Crippen LogP contribution >= 0.6 is 23.5 Å². The molecule has 1 aliphatic rings. The zero-order chi connectivity index (χ0) is 19.7. The molecule has 0 aromatic carbocycles. The number of ether oxygens (including phenoxy) is 1. The Kier molecular flexibility index (Phi) is 10.7. The third-order valence-electron chi connectivity index (χ3n) is 3.57. The van der Waals surface area contributed by atoms with Crippen molar-refractivity contribution in [2.24, 2.45) is 5.16 Å². The van der Waals surface area contributed by atoms with Gasteiger partial charge in [-0.3, -0.25) is 4.28 Å². The highest BCUT2D eigenvalue weighted by atomic mass is 32.3. The van der Waals surface area contributed by atoms with Crippen molar-refractivity contribution in [2.75, 3.05) is 18.6 Å². The summed E-state index contributed by atoms with van der Waals surface area (Å²) in [6.45, 7) is -0.589. The van der Waals surface area contributed by atoms with Gasteiger partial charge in [0.15, 0.2) is 0 Å². The quantitative estimate of drug-likeness (QED) is 0.0850. The van der Waals surface area contributed by atoms with Crippen LogP contribution in [0.1, 0.15) is 25.7 Å². The van der Waals surface area contributed by atoms with Crippen LogP contribution in [0.4, 0.5) is 0 Å². The van der Waals surface area contributed by atoms with E-state index in [4.69, 9.17) is 4.74 Å². The largest absolute Gasteiger partial charge is 0.714 e. The molecule has 0 bridgehead atoms. The molecule has 0 aromatic rings. The van der Waals surface area contributed by atoms with Crippen molar-refractivity contribution in [1.82, 2.24) is 0 Å². The minimum atomic E-state index is -5.03. The van der Waals surface area contributed by atoms with Gasteiger partial charge >= 0.3 is 0 Å². The molecule has 0 saturated carbocycles. The van der Waals surface area contributed by atoms with Crippen molar-refractivity contribution < 1.29 is 42.4 Å². The predicted molar refractivity (Wildman–Crippen MR) is 96.4 cm³/mol. The predicted octanol–water partition coefficient (Wildman–Crippen LogP) is -0.767. The van der Waals surface area contributed by atoms with E-state index >= 15 is 0 Å². The molecule has 26 heavy (non-hydrogen) atoms. The van der Waals surface area contributed by atoms with Crippen LogP contribution < -0.4 is 0 Å². The van der Waals surface area contributed by atoms with Gasteiger partial charge in [0.25, 0.3) is 10.4 Å². The molecule has 0 radical (unpaired) electrons. The van der Waals surface area contributed by atoms with Crippen LogP contribution in [-0.2, 0) is 19.4 Å². The Bertz CT molecular complexity index is 543. The van der Waals surface area contributed by atoms with Crippen LogP contribution in [-0.4, -0.2) is 86.9 Å². The molecule has 1 saturated heterocycles. The third kappa shape index (κ3) is 8.27. The number of unbranched alkanes of at least 4 members (excludes halogenated alkanes) is 2. The molecular formula is C13H24NO9S3-. The molecule has 4 N–H and O–H groups in total. The maximum atomic E-state index is 10.6. The summed E-state index contributed by atoms with van der Waals surface area (Å²) in [5, 5.41) is 42.2. The van der Waals surface area contributed by atoms with Crippen molar-refractivity contribution in [3.05, 3.63) is 0 Å². The second kappa shape index (κ2) is 11.7. The van der Waals surface area contributed by atoms with Gasteiger partial charge in [-0.1, -0.05) is 23.3 Å². The minimum absolute atomic E-state index is 0.0814. The molecule has 10 nitrogen and oxygen atoms in total. The number of hydrogen-bond donors (Lipinski definition) is 4. The van der Waals surface area contributed by atoms with Crippen molar-refractivity contribution in [1.29, 1.82) is 0 Å². The summed E-state index contributed by atoms with van der Waals surface area (Å²) in [5.74, 6) is 0.970. The smallest absolute Gasteiger partial charge is 0.284 e. The lowest BCUT2D eigenvalue weighted by Crippen LogP contribution is -2.57. The van der Waals surface area contributed by atoms with Crippen LogP contribution in [0.5, 0.6) is 0 Å². The highest BCUT2D eigenvalue weighted by Crippen LogP contribution is 2.30. The SMILES string of the molecule is CSCCCCC/C(=N\OS(=O)(=O)[O-])S[C@@H]1O[C@@H](CO)[C@@H](O)[C@H](O)[C@H]1O. The van der Waals surface area contributed by atoms with E-state index in [2.05, 4.69) is 9.44 Å². The maximum Gasteiger partial charge on any atom is 0.284 e. The Hall–Kier alpha value is -0.120. The van der Waals surface area contributed by atoms with Gasteiger partial charge in [0.1, 0.15) is 34.9 Å². The molecular weight excluding hydrogens is 410 g/mol. The minimum Gasteiger partial charge on any atom is -0.714 e. The Morgan fingerprint density at radius 2 is 1.88 bits per heavy atom. The van der Waals surface area contributed by atoms with Gasteiger partial charge < -0.3 is 29.7 Å². The Balaban J connectivity index is 2.76. The Labute approximate surface area is 160 Å². The number of rotatable bonds is 10. The zero-order valence-corrected chi connectivity index (χ0v) is 16.6. The lowest BCUT2D eigenvalue weighted by molar-refractivity contribution is -0.205. The van der Waals surface area contributed by atoms with E-state index in [9.17, 15) is 33.4 Å². The first kappa shape index (κ1) is 23.9. The van der Waals surface area contributed by atoms with Gasteiger partial charge in [0.05, 0.1) is 6.61 Å². The average Bonchev–Trinajstić information content (AvgIpc) is 2.58. The summed E-state index contributed by atoms with van der Waals surface area (Å²) >= 11 is 2.46. The van der Waals surface area contributed by atoms with E-state index < -0.39 is 46.9 Å². The van der Waals surface area contributed by atoms with Crippen molar-refractivity contribution in [3.63, 3.8) is 0 Å². The molecule has 13 heteroatoms. The first-order valence-electron chi connectivity index (χ1n) is 7.87. The van der Waals surface area contributed by atoms with Gasteiger partial charge in [0, 0.05) is 0 Å². The Morgan fingerprint density at radius 1 is 1.19 bits per heavy atom. The summed E-state index contributed by atoms with van der Waals surface area (Å²) in [7, 11) is -5.03. The van der Waals surface area contributed by atoms with Crippen LogP contribution in [0, 0.1) is 0 Å². The first-order chi connectivity index (χ1) is 12.2. The number of nitrogens with zero attached hydrogens (tertiary/aromatic N) is 1. The number of thioether (sulfide) groups is 2. The highest BCUT2D eigenvalue weighted by Gasteiger charge is 2.44. The molecule has 0 amide bonds. The molecule has 1 fully saturated rings. The van der Waals surface area contributed by atoms with Crippen LogP contribution in [0.3, 0.4) is 0 Å². The molecule has 0 unspecified atom stereocenters. The van der Waals surface area contributed by atoms with Crippen LogP contribution in [0.15, 0.2) is 5.16 Å². The number of aliphatic hydroxyl groups excluding tert-OH is 4. The van der Waals surface area contributed by atoms with E-state index in [0.29, 0.717) is 6.42 Å². The van der Waals surface area contributed by atoms with Crippen molar-refractivity contribution in [3.8, 4) is 0 Å². The average molecular weight is 435 g/mol. The highest BCUT2D eigenvalue weighted by molar-refractivity contribution is 8.14. The molecule has 0 aliphatic carbocycles. The van der Waals surface area contributed by atoms with E-state index in [1.807, 2.05) is 6.26 Å². The fourth-order valence-corrected chi connectivity index (χ4v) is 4.04. The molecule has 154 valence electrons. The summed E-state index contributed by atoms with van der Waals surface area (Å²) in [6, 6.07) is 0. The zero-order valence-electron chi connectivity index (χ0n) is 14.1. The van der Waals surface area contributed by atoms with E-state index in [1.54, 1.807) is 11.8 Å². The maximum absolute atomic E-state index is 10.6. The van der Waals surface area contributed by atoms with Crippen molar-refractivity contribution >= 4 is 39.0 Å². The fourth-order valence-electron chi connectivity index (χ4n) is 2.21. The molecule has 1 rings (SSSR count). The first-order valence-corrected chi connectivity index (χ1v) is 11.5. The van der Waals surface area contributed by atoms with Gasteiger partial charge in [-0.15, -0.1) is 0 Å². The second-order valence-electron chi connectivity index (χ2n) is 5.59. The molecule has 0 aromatic heterocycles. The summed E-state index contributed by atoms with van der Waals surface area (Å²) in [5.41, 5.74) is -1.13. The van der Waals surface area contributed by atoms with Gasteiger partial charge in [0.2, 0.25) is 0 Å². The van der Waals surface area contributed by atoms with E-state index in [-0.39, 0.29) is 11.5 Å². The van der Waals surface area contributed by atoms with Gasteiger partial charge in [-0.25, -0.2) is 0 Å². The standard InChI is InChI=1S/C13H25NO9S3/c1-24-6-4-2-3-5-9(14-23-26(19,20)21)25-13-12(18)11(17)10(16)8(7-15)22-13/h8,10-13,15-18H,2-7H2,1H3,(H,19,20,21)/p-1/b14-9+/t8-,10+,11-,12+,13-/m0/s1.